The summed E-state index contributed by atoms with van der Waals surface area (Å²) in [4.78, 5) is 10.3. The highest BCUT2D eigenvalue weighted by atomic mass is 32.2. The largest absolute Gasteiger partial charge is 0.481 e. The summed E-state index contributed by atoms with van der Waals surface area (Å²) in [5.74, 6) is 0.602. The van der Waals surface area contributed by atoms with Crippen molar-refractivity contribution < 1.29 is 9.90 Å². The third-order valence-corrected chi connectivity index (χ3v) is 2.75. The summed E-state index contributed by atoms with van der Waals surface area (Å²) < 4.78 is 1.86. The van der Waals surface area contributed by atoms with E-state index in [0.717, 1.165) is 11.5 Å². The Bertz CT molecular complexity index is 483. The number of aliphatic carboxylic acids is 1. The quantitative estimate of drug-likeness (QED) is 0.839. The number of rotatable bonds is 4. The standard InChI is InChI=1S/C9H9N3O2S/c13-9(14)6-15-5-8-11-10-7-3-1-2-4-12(7)8/h1-4H,5-6H2,(H,13,14). The van der Waals surface area contributed by atoms with Crippen LogP contribution in [0.3, 0.4) is 0 Å². The highest BCUT2D eigenvalue weighted by Gasteiger charge is 2.05. The Morgan fingerprint density at radius 1 is 1.47 bits per heavy atom. The maximum Gasteiger partial charge on any atom is 0.313 e. The first-order valence-corrected chi connectivity index (χ1v) is 5.51. The second kappa shape index (κ2) is 4.31. The number of carbonyl (C=O) groups is 1. The number of nitrogens with zero attached hydrogens (tertiary/aromatic N) is 3. The van der Waals surface area contributed by atoms with Crippen LogP contribution in [0.4, 0.5) is 0 Å². The normalized spacial score (nSPS) is 10.7. The van der Waals surface area contributed by atoms with Crippen molar-refractivity contribution in [2.75, 3.05) is 5.75 Å². The molecule has 78 valence electrons. The molecule has 1 N–H and O–H groups in total. The van der Waals surface area contributed by atoms with E-state index in [0.29, 0.717) is 5.75 Å². The van der Waals surface area contributed by atoms with Gasteiger partial charge < -0.3 is 5.11 Å². The molecule has 2 heterocycles. The van der Waals surface area contributed by atoms with Crippen LogP contribution in [0.5, 0.6) is 0 Å². The van der Waals surface area contributed by atoms with Gasteiger partial charge in [0.2, 0.25) is 0 Å². The molecular weight excluding hydrogens is 214 g/mol. The van der Waals surface area contributed by atoms with Gasteiger partial charge in [-0.05, 0) is 12.1 Å². The molecule has 0 atom stereocenters. The molecule has 0 aliphatic carbocycles. The molecule has 6 heteroatoms. The first kappa shape index (κ1) is 9.97. The van der Waals surface area contributed by atoms with Crippen molar-refractivity contribution in [2.24, 2.45) is 0 Å². The summed E-state index contributed by atoms with van der Waals surface area (Å²) in [5.41, 5.74) is 0.781. The second-order valence-electron chi connectivity index (χ2n) is 2.93. The molecule has 0 radical (unpaired) electrons. The van der Waals surface area contributed by atoms with E-state index in [9.17, 15) is 4.79 Å². The number of hydrogen-bond donors (Lipinski definition) is 1. The third kappa shape index (κ3) is 2.27. The number of aromatic nitrogens is 3. The molecule has 0 saturated heterocycles. The SMILES string of the molecule is O=C(O)CSCc1nnc2ccccn12. The van der Waals surface area contributed by atoms with Crippen LogP contribution in [0, 0.1) is 0 Å². The van der Waals surface area contributed by atoms with Crippen LogP contribution in [0.2, 0.25) is 0 Å². The lowest BCUT2D eigenvalue weighted by atomic mass is 10.5. The fraction of sp³-hybridized carbons (Fsp3) is 0.222. The second-order valence-corrected chi connectivity index (χ2v) is 3.92. The van der Waals surface area contributed by atoms with Gasteiger partial charge in [-0.15, -0.1) is 22.0 Å². The van der Waals surface area contributed by atoms with Gasteiger partial charge in [0.25, 0.3) is 0 Å². The van der Waals surface area contributed by atoms with Crippen molar-refractivity contribution in [1.29, 1.82) is 0 Å². The van der Waals surface area contributed by atoms with E-state index in [1.54, 1.807) is 0 Å². The summed E-state index contributed by atoms with van der Waals surface area (Å²) in [5, 5.41) is 16.5. The van der Waals surface area contributed by atoms with Crippen molar-refractivity contribution >= 4 is 23.4 Å². The van der Waals surface area contributed by atoms with Gasteiger partial charge in [0, 0.05) is 6.20 Å². The van der Waals surface area contributed by atoms with Gasteiger partial charge in [-0.2, -0.15) is 0 Å². The average Bonchev–Trinajstić information content (AvgIpc) is 2.62. The molecule has 0 aromatic carbocycles. The Morgan fingerprint density at radius 3 is 3.13 bits per heavy atom. The molecule has 5 nitrogen and oxygen atoms in total. The Kier molecular flexibility index (Phi) is 2.86. The lowest BCUT2D eigenvalue weighted by molar-refractivity contribution is -0.133. The topological polar surface area (TPSA) is 67.5 Å². The molecule has 15 heavy (non-hydrogen) atoms. The van der Waals surface area contributed by atoms with E-state index in [1.165, 1.54) is 11.8 Å². The monoisotopic (exact) mass is 223 g/mol. The van der Waals surface area contributed by atoms with Crippen LogP contribution < -0.4 is 0 Å². The van der Waals surface area contributed by atoms with E-state index in [2.05, 4.69) is 10.2 Å². The van der Waals surface area contributed by atoms with Gasteiger partial charge in [-0.25, -0.2) is 0 Å². The van der Waals surface area contributed by atoms with Crippen LogP contribution in [0.15, 0.2) is 24.4 Å². The molecule has 0 unspecified atom stereocenters. The van der Waals surface area contributed by atoms with Gasteiger partial charge in [0.1, 0.15) is 5.82 Å². The fourth-order valence-corrected chi connectivity index (χ4v) is 1.88. The highest BCUT2D eigenvalue weighted by molar-refractivity contribution is 7.99. The molecule has 0 bridgehead atoms. The van der Waals surface area contributed by atoms with E-state index in [-0.39, 0.29) is 5.75 Å². The minimum absolute atomic E-state index is 0.0851. The Labute approximate surface area is 90.1 Å². The van der Waals surface area contributed by atoms with Gasteiger partial charge in [0.05, 0.1) is 11.5 Å². The minimum atomic E-state index is -0.811. The Hall–Kier alpha value is -1.56. The van der Waals surface area contributed by atoms with E-state index in [4.69, 9.17) is 5.11 Å². The smallest absolute Gasteiger partial charge is 0.313 e. The van der Waals surface area contributed by atoms with Crippen molar-refractivity contribution in [3.05, 3.63) is 30.2 Å². The third-order valence-electron chi connectivity index (χ3n) is 1.84. The number of carboxylic acids is 1. The van der Waals surface area contributed by atoms with Crippen LogP contribution in [0.25, 0.3) is 5.65 Å². The van der Waals surface area contributed by atoms with Crippen LogP contribution in [0.1, 0.15) is 5.82 Å². The van der Waals surface area contributed by atoms with Crippen LogP contribution in [-0.4, -0.2) is 31.4 Å². The number of pyridine rings is 1. The maximum atomic E-state index is 10.3. The number of carboxylic acid groups (broad SMARTS) is 1. The predicted octanol–water partition coefficient (Wildman–Crippen LogP) is 1.05. The summed E-state index contributed by atoms with van der Waals surface area (Å²) in [6.07, 6.45) is 1.87. The van der Waals surface area contributed by atoms with Crippen LogP contribution >= 0.6 is 11.8 Å². The molecule has 2 aromatic rings. The lowest BCUT2D eigenvalue weighted by Crippen LogP contribution is -1.99. The molecule has 2 rings (SSSR count). The molecular formula is C9H9N3O2S. The lowest BCUT2D eigenvalue weighted by Gasteiger charge is -1.97. The number of hydrogen-bond acceptors (Lipinski definition) is 4. The summed E-state index contributed by atoms with van der Waals surface area (Å²) in [6, 6.07) is 5.64. The minimum Gasteiger partial charge on any atom is -0.481 e. The van der Waals surface area contributed by atoms with Crippen molar-refractivity contribution in [3.63, 3.8) is 0 Å². The first-order valence-electron chi connectivity index (χ1n) is 4.35. The van der Waals surface area contributed by atoms with Crippen molar-refractivity contribution in [2.45, 2.75) is 5.75 Å². The summed E-state index contributed by atoms with van der Waals surface area (Å²) in [6.45, 7) is 0. The molecule has 0 saturated carbocycles. The molecule has 0 aliphatic heterocycles. The zero-order chi connectivity index (χ0) is 10.7. The summed E-state index contributed by atoms with van der Waals surface area (Å²) in [7, 11) is 0. The molecule has 0 spiro atoms. The molecule has 0 aliphatic rings. The molecule has 0 amide bonds. The summed E-state index contributed by atoms with van der Waals surface area (Å²) >= 11 is 1.31. The van der Waals surface area contributed by atoms with Crippen molar-refractivity contribution in [1.82, 2.24) is 14.6 Å². The van der Waals surface area contributed by atoms with E-state index in [1.807, 2.05) is 28.8 Å². The fourth-order valence-electron chi connectivity index (χ4n) is 1.22. The van der Waals surface area contributed by atoms with Gasteiger partial charge in [-0.3, -0.25) is 9.20 Å². The van der Waals surface area contributed by atoms with E-state index < -0.39 is 5.97 Å². The predicted molar refractivity (Wildman–Crippen MR) is 56.8 cm³/mol. The zero-order valence-corrected chi connectivity index (χ0v) is 8.65. The Morgan fingerprint density at radius 2 is 2.33 bits per heavy atom. The van der Waals surface area contributed by atoms with Gasteiger partial charge >= 0.3 is 5.97 Å². The van der Waals surface area contributed by atoms with Gasteiger partial charge in [-0.1, -0.05) is 6.07 Å². The Balaban J connectivity index is 2.11. The first-order chi connectivity index (χ1) is 7.27. The van der Waals surface area contributed by atoms with Crippen molar-refractivity contribution in [3.8, 4) is 0 Å². The molecule has 0 fully saturated rings. The number of fused-ring (bicyclic) bond motifs is 1. The van der Waals surface area contributed by atoms with Gasteiger partial charge in [0.15, 0.2) is 5.65 Å². The zero-order valence-electron chi connectivity index (χ0n) is 7.83. The van der Waals surface area contributed by atoms with E-state index >= 15 is 0 Å². The number of thioether (sulfide) groups is 1. The molecule has 2 aromatic heterocycles. The highest BCUT2D eigenvalue weighted by Crippen LogP contribution is 2.11. The van der Waals surface area contributed by atoms with Crippen LogP contribution in [-0.2, 0) is 10.5 Å². The average molecular weight is 223 g/mol. The maximum absolute atomic E-state index is 10.3.